The number of amides is 7. The number of carbonyl (C=O) groups is 8. The number of primary amides is 1. The minimum absolute atomic E-state index is 0.00712. The van der Waals surface area contributed by atoms with Crippen LogP contribution in [0.2, 0.25) is 5.02 Å². The molecule has 5 heterocycles. The molecule has 0 unspecified atom stereocenters. The lowest BCUT2D eigenvalue weighted by Gasteiger charge is -2.32. The summed E-state index contributed by atoms with van der Waals surface area (Å²) in [5.74, 6) is -8.67. The third-order valence-electron chi connectivity index (χ3n) is 14.6. The van der Waals surface area contributed by atoms with Crippen molar-refractivity contribution in [1.82, 2.24) is 37.2 Å². The molecule has 10 rings (SSSR count). The number of hydrogen-bond donors (Lipinski definition) is 10. The van der Waals surface area contributed by atoms with Gasteiger partial charge in [-0.3, -0.25) is 33.6 Å². The SMILES string of the molecule is CN[C@H](CC(C)C)C(=O)N[C@H]1C(=O)N[C@@H](CC(N)=O)C(=O)N[C@H]2C(=O)N[C@H]3C(=O)N[C@H](C(=O)N[C@H](C(=O)OC)c4cc(OC)cc(OC)c4-c4cc3ccc4OC)[C@H](O)c3ccc(c(Cl)c3)Oc3cc2cc(c3OC)Oc2ccc(cc2C)[C@H]1O. The summed E-state index contributed by atoms with van der Waals surface area (Å²) in [6, 6.07) is 5.97. The Balaban J connectivity index is 1.39. The second-order valence-electron chi connectivity index (χ2n) is 20.6. The average Bonchev–Trinajstić information content (AvgIpc) is 1.61. The van der Waals surface area contributed by atoms with Crippen molar-refractivity contribution in [3.63, 3.8) is 0 Å². The number of esters is 1. The fourth-order valence-corrected chi connectivity index (χ4v) is 10.5. The first-order valence-corrected chi connectivity index (χ1v) is 27.0. The second kappa shape index (κ2) is 26.2. The van der Waals surface area contributed by atoms with Gasteiger partial charge < -0.3 is 86.3 Å². The van der Waals surface area contributed by atoms with Crippen LogP contribution in [0.5, 0.6) is 46.0 Å². The van der Waals surface area contributed by atoms with Crippen molar-refractivity contribution < 1.29 is 81.7 Å². The van der Waals surface area contributed by atoms with Crippen molar-refractivity contribution in [3.8, 4) is 57.1 Å². The van der Waals surface area contributed by atoms with Crippen LogP contribution in [0, 0.1) is 12.8 Å². The highest BCUT2D eigenvalue weighted by Crippen LogP contribution is 2.48. The number of nitrogens with one attached hydrogen (secondary N) is 7. The van der Waals surface area contributed by atoms with Crippen LogP contribution in [-0.2, 0) is 43.1 Å². The number of rotatable bonds is 12. The molecule has 9 atom stereocenters. The van der Waals surface area contributed by atoms with E-state index in [2.05, 4.69) is 37.2 Å². The van der Waals surface area contributed by atoms with Crippen LogP contribution in [0.4, 0.5) is 0 Å². The molecule has 450 valence electrons. The summed E-state index contributed by atoms with van der Waals surface area (Å²) in [5.41, 5.74) is 6.28. The summed E-state index contributed by atoms with van der Waals surface area (Å²) in [6.07, 6.45) is -4.36. The first-order valence-electron chi connectivity index (χ1n) is 26.7. The van der Waals surface area contributed by atoms with E-state index < -0.39 is 108 Å². The number of benzene rings is 5. The minimum atomic E-state index is -2.01. The molecule has 0 fully saturated rings. The Labute approximate surface area is 492 Å². The monoisotopic (exact) mass is 1190 g/mol. The molecule has 26 heteroatoms. The van der Waals surface area contributed by atoms with Gasteiger partial charge in [0.05, 0.1) is 53.0 Å². The van der Waals surface area contributed by atoms with Gasteiger partial charge in [0.1, 0.15) is 71.2 Å². The smallest absolute Gasteiger partial charge is 0.333 e. The zero-order valence-electron chi connectivity index (χ0n) is 47.7. The summed E-state index contributed by atoms with van der Waals surface area (Å²) in [4.78, 5) is 117. The molecule has 7 amide bonds. The summed E-state index contributed by atoms with van der Waals surface area (Å²) in [6.45, 7) is 5.40. The molecule has 11 N–H and O–H groups in total. The lowest BCUT2D eigenvalue weighted by molar-refractivity contribution is -0.146. The van der Waals surface area contributed by atoms with Gasteiger partial charge in [0.2, 0.25) is 47.1 Å². The van der Waals surface area contributed by atoms with Gasteiger partial charge in [0.25, 0.3) is 0 Å². The van der Waals surface area contributed by atoms with Crippen molar-refractivity contribution >= 4 is 58.9 Å². The number of carbonyl (C=O) groups excluding carboxylic acids is 8. The van der Waals surface area contributed by atoms with E-state index in [1.54, 1.807) is 14.0 Å². The van der Waals surface area contributed by atoms with Gasteiger partial charge in [-0.05, 0) is 109 Å². The Morgan fingerprint density at radius 3 is 1.88 bits per heavy atom. The first kappa shape index (κ1) is 61.9. The van der Waals surface area contributed by atoms with E-state index in [0.717, 1.165) is 7.11 Å². The van der Waals surface area contributed by atoms with E-state index in [1.807, 2.05) is 13.8 Å². The van der Waals surface area contributed by atoms with Crippen LogP contribution >= 0.6 is 11.6 Å². The number of ether oxygens (including phenoxy) is 7. The minimum Gasteiger partial charge on any atom is -0.497 e. The van der Waals surface area contributed by atoms with E-state index in [1.165, 1.54) is 107 Å². The fourth-order valence-electron chi connectivity index (χ4n) is 10.2. The lowest BCUT2D eigenvalue weighted by Crippen LogP contribution is -2.59. The molecule has 11 bridgehead atoms. The molecule has 5 aliphatic rings. The average molecular weight is 1190 g/mol. The van der Waals surface area contributed by atoms with Crippen LogP contribution < -0.4 is 71.4 Å². The molecular formula is C59H65ClN8O17. The number of nitrogens with two attached hydrogens (primary N) is 1. The molecule has 85 heavy (non-hydrogen) atoms. The normalized spacial score (nSPS) is 21.6. The van der Waals surface area contributed by atoms with Gasteiger partial charge in [-0.25, -0.2) is 4.79 Å². The Morgan fingerprint density at radius 2 is 1.28 bits per heavy atom. The predicted octanol–water partition coefficient (Wildman–Crippen LogP) is 3.35. The van der Waals surface area contributed by atoms with Crippen molar-refractivity contribution in [3.05, 3.63) is 117 Å². The molecule has 0 aromatic heterocycles. The Hall–Kier alpha value is -9.17. The third kappa shape index (κ3) is 13.1. The molecule has 0 radical (unpaired) electrons. The molecule has 5 aliphatic heterocycles. The van der Waals surface area contributed by atoms with Gasteiger partial charge in [-0.15, -0.1) is 0 Å². The maximum atomic E-state index is 15.7. The maximum Gasteiger partial charge on any atom is 0.333 e. The van der Waals surface area contributed by atoms with Crippen molar-refractivity contribution in [1.29, 1.82) is 0 Å². The third-order valence-corrected chi connectivity index (χ3v) is 14.9. The molecule has 5 aromatic rings. The summed E-state index contributed by atoms with van der Waals surface area (Å²) >= 11 is 6.95. The van der Waals surface area contributed by atoms with Crippen molar-refractivity contribution in [2.75, 3.05) is 42.6 Å². The number of aryl methyl sites for hydroxylation is 1. The number of aliphatic hydroxyl groups is 2. The van der Waals surface area contributed by atoms with Gasteiger partial charge >= 0.3 is 5.97 Å². The highest BCUT2D eigenvalue weighted by atomic mass is 35.5. The quantitative estimate of drug-likeness (QED) is 0.0801. The van der Waals surface area contributed by atoms with E-state index in [4.69, 9.17) is 50.5 Å². The van der Waals surface area contributed by atoms with Crippen LogP contribution in [0.25, 0.3) is 11.1 Å². The van der Waals surface area contributed by atoms with E-state index in [-0.39, 0.29) is 95.9 Å². The summed E-state index contributed by atoms with van der Waals surface area (Å²) in [5, 5.41) is 42.6. The number of methoxy groups -OCH3 is 5. The highest BCUT2D eigenvalue weighted by Gasteiger charge is 2.42. The van der Waals surface area contributed by atoms with Crippen LogP contribution in [0.1, 0.15) is 90.4 Å². The number of hydrogen-bond acceptors (Lipinski definition) is 18. The van der Waals surface area contributed by atoms with Crippen LogP contribution in [0.3, 0.4) is 0 Å². The zero-order valence-corrected chi connectivity index (χ0v) is 48.4. The molecule has 5 aromatic carbocycles. The van der Waals surface area contributed by atoms with Gasteiger partial charge in [0.15, 0.2) is 17.5 Å². The number of likely N-dealkylation sites (N-methyl/N-ethyl adjacent to an activating group) is 1. The molecule has 0 aliphatic carbocycles. The highest BCUT2D eigenvalue weighted by molar-refractivity contribution is 6.32. The lowest BCUT2D eigenvalue weighted by atomic mass is 9.89. The van der Waals surface area contributed by atoms with E-state index in [0.29, 0.717) is 12.0 Å². The van der Waals surface area contributed by atoms with Crippen molar-refractivity contribution in [2.24, 2.45) is 11.7 Å². The van der Waals surface area contributed by atoms with Crippen LogP contribution in [0.15, 0.2) is 78.9 Å². The maximum absolute atomic E-state index is 15.7. The van der Waals surface area contributed by atoms with Crippen molar-refractivity contribution in [2.45, 2.75) is 88.1 Å². The first-order chi connectivity index (χ1) is 40.5. The predicted molar refractivity (Wildman–Crippen MR) is 304 cm³/mol. The van der Waals surface area contributed by atoms with Gasteiger partial charge in [-0.1, -0.05) is 43.6 Å². The Morgan fingerprint density at radius 1 is 0.659 bits per heavy atom. The summed E-state index contributed by atoms with van der Waals surface area (Å²) < 4.78 is 41.4. The Bertz CT molecular complexity index is 3470. The fraction of sp³-hybridized carbons (Fsp3) is 0.356. The van der Waals surface area contributed by atoms with Gasteiger partial charge in [-0.2, -0.15) is 0 Å². The molecule has 0 saturated heterocycles. The Kier molecular flexibility index (Phi) is 19.1. The van der Waals surface area contributed by atoms with E-state index >= 15 is 14.4 Å². The molecule has 25 nitrogen and oxygen atoms in total. The molecular weight excluding hydrogens is 1130 g/mol. The topological polar surface area (TPSA) is 352 Å². The number of fused-ring (bicyclic) bond motifs is 15. The molecule has 0 saturated carbocycles. The second-order valence-corrected chi connectivity index (χ2v) is 21.0. The van der Waals surface area contributed by atoms with Crippen LogP contribution in [-0.4, -0.2) is 124 Å². The molecule has 0 spiro atoms. The van der Waals surface area contributed by atoms with E-state index in [9.17, 15) is 34.2 Å². The summed E-state index contributed by atoms with van der Waals surface area (Å²) in [7, 11) is 7.97. The number of halogens is 1. The van der Waals surface area contributed by atoms with Gasteiger partial charge in [0, 0.05) is 22.8 Å². The largest absolute Gasteiger partial charge is 0.497 e. The number of aliphatic hydroxyl groups excluding tert-OH is 2. The standard InChI is InChI=1S/C59H65ClN8O17/c1-25(2)16-35(62-4)53(72)67-48-50(70)28-11-13-37(26(3)17-28)84-41-20-30-21-42(52(41)82-8)85-39-15-12-29(19-34(39)60)51(71)49-58(77)66-47(59(78)83-9)33-22-31(79-5)23-40(81-7)44(33)32-18-27(10-14-38(32)80-6)45(55(74)68-49)65-56(75)46(30)64-54(73)36(24-43(61)69)63-57(48)76/h10-15,17-23,25,35-36,45-51,62,70-71H,16,24H2,1-9H3,(H2,61,69)(H,63,76)(H,64,73)(H,65,75)(H,66,77)(H,67,72)(H,68,74)/t35-,36+,45-,46-,47+,48-,49+,50-,51-/m1/s1. The zero-order chi connectivity index (χ0) is 61.7.